The Bertz CT molecular complexity index is 642. The van der Waals surface area contributed by atoms with Crippen LogP contribution in [0.5, 0.6) is 0 Å². The summed E-state index contributed by atoms with van der Waals surface area (Å²) in [5, 5.41) is 0.923. The Hall–Kier alpha value is -2.10. The van der Waals surface area contributed by atoms with Crippen LogP contribution in [0.25, 0.3) is 10.9 Å². The van der Waals surface area contributed by atoms with E-state index in [1.54, 1.807) is 20.0 Å². The van der Waals surface area contributed by atoms with Crippen LogP contribution in [0.2, 0.25) is 0 Å². The third-order valence-electron chi connectivity index (χ3n) is 3.41. The summed E-state index contributed by atoms with van der Waals surface area (Å²) in [5.41, 5.74) is 1.26. The van der Waals surface area contributed by atoms with Gasteiger partial charge in [-0.05, 0) is 19.1 Å². The smallest absolute Gasteiger partial charge is 0.271 e. The largest absolute Gasteiger partial charge is 0.329 e. The van der Waals surface area contributed by atoms with Gasteiger partial charge in [0.05, 0.1) is 5.52 Å². The quantitative estimate of drug-likeness (QED) is 0.689. The first-order chi connectivity index (χ1) is 8.11. The summed E-state index contributed by atoms with van der Waals surface area (Å²) in [4.78, 5) is 25.8. The molecule has 1 unspecified atom stereocenters. The second kappa shape index (κ2) is 3.20. The molecular formula is C13H12N2O2. The molecule has 0 saturated heterocycles. The van der Waals surface area contributed by atoms with Crippen molar-refractivity contribution in [2.45, 2.75) is 13.0 Å². The van der Waals surface area contributed by atoms with E-state index < -0.39 is 6.04 Å². The lowest BCUT2D eigenvalue weighted by atomic mass is 10.2. The molecule has 1 amide bonds. The molecule has 0 N–H and O–H groups in total. The molecule has 0 fully saturated rings. The van der Waals surface area contributed by atoms with Crippen molar-refractivity contribution in [3.05, 3.63) is 36.0 Å². The summed E-state index contributed by atoms with van der Waals surface area (Å²) in [6, 6.07) is 8.91. The molecule has 0 spiro atoms. The molecule has 17 heavy (non-hydrogen) atoms. The van der Waals surface area contributed by atoms with Gasteiger partial charge in [0.1, 0.15) is 11.7 Å². The summed E-state index contributed by atoms with van der Waals surface area (Å²) in [7, 11) is 1.66. The molecule has 2 aromatic rings. The Labute approximate surface area is 98.4 Å². The number of hydrogen-bond acceptors (Lipinski definition) is 2. The van der Waals surface area contributed by atoms with Gasteiger partial charge in [-0.25, -0.2) is 0 Å². The predicted molar refractivity (Wildman–Crippen MR) is 64.1 cm³/mol. The highest BCUT2D eigenvalue weighted by Gasteiger charge is 2.34. The van der Waals surface area contributed by atoms with Gasteiger partial charge in [-0.2, -0.15) is 0 Å². The zero-order chi connectivity index (χ0) is 12.2. The fourth-order valence-corrected chi connectivity index (χ4v) is 2.26. The van der Waals surface area contributed by atoms with Gasteiger partial charge >= 0.3 is 0 Å². The van der Waals surface area contributed by atoms with Crippen molar-refractivity contribution in [2.24, 2.45) is 0 Å². The molecule has 1 aliphatic rings. The van der Waals surface area contributed by atoms with E-state index in [0.717, 1.165) is 10.9 Å². The topological polar surface area (TPSA) is 42.3 Å². The third kappa shape index (κ3) is 1.18. The minimum atomic E-state index is -0.411. The molecular weight excluding hydrogens is 216 g/mol. The zero-order valence-corrected chi connectivity index (χ0v) is 9.68. The molecule has 1 atom stereocenters. The Morgan fingerprint density at radius 3 is 2.65 bits per heavy atom. The van der Waals surface area contributed by atoms with Gasteiger partial charge in [0, 0.05) is 12.4 Å². The van der Waals surface area contributed by atoms with Gasteiger partial charge in [0.2, 0.25) is 0 Å². The molecule has 2 heterocycles. The molecule has 0 saturated carbocycles. The molecule has 4 nitrogen and oxygen atoms in total. The van der Waals surface area contributed by atoms with Crippen molar-refractivity contribution in [2.75, 3.05) is 7.05 Å². The van der Waals surface area contributed by atoms with E-state index in [0.29, 0.717) is 5.69 Å². The molecule has 1 aliphatic heterocycles. The summed E-state index contributed by atoms with van der Waals surface area (Å²) >= 11 is 0. The predicted octanol–water partition coefficient (Wildman–Crippen LogP) is 1.76. The van der Waals surface area contributed by atoms with Crippen molar-refractivity contribution in [3.63, 3.8) is 0 Å². The van der Waals surface area contributed by atoms with E-state index in [1.807, 2.05) is 24.3 Å². The van der Waals surface area contributed by atoms with Crippen LogP contribution in [-0.2, 0) is 0 Å². The van der Waals surface area contributed by atoms with E-state index >= 15 is 0 Å². The highest BCUT2D eigenvalue weighted by Crippen LogP contribution is 2.25. The van der Waals surface area contributed by atoms with Crippen LogP contribution in [0.4, 0.5) is 0 Å². The molecule has 3 rings (SSSR count). The van der Waals surface area contributed by atoms with Crippen LogP contribution in [-0.4, -0.2) is 34.4 Å². The van der Waals surface area contributed by atoms with E-state index in [-0.39, 0.29) is 11.8 Å². The second-order valence-corrected chi connectivity index (χ2v) is 4.35. The van der Waals surface area contributed by atoms with Crippen LogP contribution in [0.1, 0.15) is 22.2 Å². The number of rotatable bonds is 0. The van der Waals surface area contributed by atoms with Crippen LogP contribution in [0, 0.1) is 0 Å². The first-order valence-corrected chi connectivity index (χ1v) is 5.53. The number of carbonyl (C=O) groups is 2. The van der Waals surface area contributed by atoms with Crippen molar-refractivity contribution in [1.82, 2.24) is 9.47 Å². The average molecular weight is 228 g/mol. The fourth-order valence-electron chi connectivity index (χ4n) is 2.26. The summed E-state index contributed by atoms with van der Waals surface area (Å²) < 4.78 is 1.53. The van der Waals surface area contributed by atoms with Gasteiger partial charge in [-0.1, -0.05) is 18.2 Å². The first-order valence-electron chi connectivity index (χ1n) is 5.53. The molecule has 0 radical (unpaired) electrons. The van der Waals surface area contributed by atoms with Crippen LogP contribution >= 0.6 is 0 Å². The number of benzene rings is 1. The van der Waals surface area contributed by atoms with Crippen LogP contribution in [0.15, 0.2) is 30.3 Å². The normalized spacial score (nSPS) is 19.9. The molecule has 4 heteroatoms. The number of nitrogens with zero attached hydrogens (tertiary/aromatic N) is 2. The monoisotopic (exact) mass is 228 g/mol. The van der Waals surface area contributed by atoms with Crippen molar-refractivity contribution >= 4 is 22.7 Å². The second-order valence-electron chi connectivity index (χ2n) is 4.35. The number of carbonyl (C=O) groups excluding carboxylic acids is 2. The summed E-state index contributed by atoms with van der Waals surface area (Å²) in [6.45, 7) is 1.75. The fraction of sp³-hybridized carbons (Fsp3) is 0.231. The average Bonchev–Trinajstić information content (AvgIpc) is 2.73. The Kier molecular flexibility index (Phi) is 1.90. The lowest BCUT2D eigenvalue weighted by Gasteiger charge is -2.29. The van der Waals surface area contributed by atoms with E-state index in [9.17, 15) is 9.59 Å². The van der Waals surface area contributed by atoms with Crippen molar-refractivity contribution in [1.29, 1.82) is 0 Å². The molecule has 1 aromatic heterocycles. The third-order valence-corrected chi connectivity index (χ3v) is 3.41. The number of para-hydroxylation sites is 1. The zero-order valence-electron chi connectivity index (χ0n) is 9.68. The van der Waals surface area contributed by atoms with Crippen LogP contribution in [0.3, 0.4) is 0 Å². The van der Waals surface area contributed by atoms with Gasteiger partial charge in [-0.15, -0.1) is 0 Å². The maximum Gasteiger partial charge on any atom is 0.271 e. The lowest BCUT2D eigenvalue weighted by molar-refractivity contribution is 0.0575. The number of amides is 1. The number of hydrogen-bond donors (Lipinski definition) is 0. The molecule has 0 aliphatic carbocycles. The maximum atomic E-state index is 12.2. The molecule has 0 bridgehead atoms. The molecule has 1 aromatic carbocycles. The SMILES string of the molecule is CC1C(=O)n2c(cc3ccccc32)C(=O)N1C. The standard InChI is InChI=1S/C13H12N2O2/c1-8-12(16)15-10-6-4-3-5-9(10)7-11(15)13(17)14(8)2/h3-8H,1-2H3. The van der Waals surface area contributed by atoms with Gasteiger partial charge < -0.3 is 4.90 Å². The van der Waals surface area contributed by atoms with E-state index in [2.05, 4.69) is 0 Å². The first kappa shape index (κ1) is 10.1. The Balaban J connectivity index is 2.38. The minimum absolute atomic E-state index is 0.0525. The van der Waals surface area contributed by atoms with E-state index in [4.69, 9.17) is 0 Å². The van der Waals surface area contributed by atoms with Gasteiger partial charge in [-0.3, -0.25) is 14.2 Å². The number of fused-ring (bicyclic) bond motifs is 3. The summed E-state index contributed by atoms with van der Waals surface area (Å²) in [5.74, 6) is -0.156. The minimum Gasteiger partial charge on any atom is -0.329 e. The van der Waals surface area contributed by atoms with Gasteiger partial charge in [0.15, 0.2) is 0 Å². The maximum absolute atomic E-state index is 12.2. The number of aromatic nitrogens is 1. The summed E-state index contributed by atoms with van der Waals surface area (Å²) in [6.07, 6.45) is 0. The van der Waals surface area contributed by atoms with Crippen molar-refractivity contribution in [3.8, 4) is 0 Å². The lowest BCUT2D eigenvalue weighted by Crippen LogP contribution is -2.48. The highest BCUT2D eigenvalue weighted by atomic mass is 16.2. The van der Waals surface area contributed by atoms with Gasteiger partial charge in [0.25, 0.3) is 11.8 Å². The Morgan fingerprint density at radius 2 is 1.88 bits per heavy atom. The van der Waals surface area contributed by atoms with Crippen molar-refractivity contribution < 1.29 is 9.59 Å². The molecule has 86 valence electrons. The highest BCUT2D eigenvalue weighted by molar-refractivity contribution is 6.10. The number of likely N-dealkylation sites (N-methyl/N-ethyl adjacent to an activating group) is 1. The van der Waals surface area contributed by atoms with E-state index in [1.165, 1.54) is 9.47 Å². The van der Waals surface area contributed by atoms with Crippen LogP contribution < -0.4 is 0 Å². The Morgan fingerprint density at radius 1 is 1.18 bits per heavy atom.